The fourth-order valence-electron chi connectivity index (χ4n) is 4.17. The Morgan fingerprint density at radius 2 is 1.96 bits per heavy atom. The summed E-state index contributed by atoms with van der Waals surface area (Å²) in [7, 11) is 1.69. The highest BCUT2D eigenvalue weighted by molar-refractivity contribution is 5.95. The Bertz CT molecular complexity index is 890. The lowest BCUT2D eigenvalue weighted by atomic mass is 9.86. The van der Waals surface area contributed by atoms with Gasteiger partial charge in [0.15, 0.2) is 11.4 Å². The van der Waals surface area contributed by atoms with Crippen LogP contribution in [0, 0.1) is 5.92 Å². The summed E-state index contributed by atoms with van der Waals surface area (Å²) >= 11 is 0. The van der Waals surface area contributed by atoms with Gasteiger partial charge >= 0.3 is 0 Å². The summed E-state index contributed by atoms with van der Waals surface area (Å²) < 4.78 is 1.66. The van der Waals surface area contributed by atoms with Crippen molar-refractivity contribution in [2.24, 2.45) is 5.92 Å². The van der Waals surface area contributed by atoms with Gasteiger partial charge in [0, 0.05) is 25.9 Å². The van der Waals surface area contributed by atoms with E-state index in [0.717, 1.165) is 31.5 Å². The number of hydrogen-bond acceptors (Lipinski definition) is 5. The molecule has 2 N–H and O–H groups in total. The van der Waals surface area contributed by atoms with E-state index >= 15 is 0 Å². The molecular weight excluding hydrogens is 344 g/mol. The molecule has 2 aromatic rings. The maximum atomic E-state index is 12.6. The maximum absolute atomic E-state index is 12.6. The number of fused-ring (bicyclic) bond motifs is 1. The highest BCUT2D eigenvalue weighted by Crippen LogP contribution is 2.34. The van der Waals surface area contributed by atoms with Crippen LogP contribution in [0.1, 0.15) is 34.9 Å². The third-order valence-electron chi connectivity index (χ3n) is 5.48. The fourth-order valence-corrected chi connectivity index (χ4v) is 4.17. The average molecular weight is 368 g/mol. The molecule has 2 unspecified atom stereocenters. The topological polar surface area (TPSA) is 77.8 Å². The van der Waals surface area contributed by atoms with Gasteiger partial charge in [-0.15, -0.1) is 0 Å². The number of rotatable bonds is 3. The van der Waals surface area contributed by atoms with E-state index in [1.807, 2.05) is 18.2 Å². The first kappa shape index (κ1) is 17.6. The monoisotopic (exact) mass is 368 g/mol. The van der Waals surface area contributed by atoms with Crippen LogP contribution in [0.3, 0.4) is 0 Å². The highest BCUT2D eigenvalue weighted by Gasteiger charge is 2.37. The van der Waals surface area contributed by atoms with Crippen LogP contribution in [-0.4, -0.2) is 47.4 Å². The molecule has 142 valence electrons. The molecule has 0 bridgehead atoms. The van der Waals surface area contributed by atoms with Gasteiger partial charge in [0.05, 0.1) is 6.04 Å². The zero-order valence-electron chi connectivity index (χ0n) is 15.3. The second kappa shape index (κ2) is 7.08. The number of piperidine rings is 1. The van der Waals surface area contributed by atoms with E-state index < -0.39 is 11.2 Å². The van der Waals surface area contributed by atoms with Crippen molar-refractivity contribution in [2.45, 2.75) is 18.9 Å². The molecule has 0 aliphatic carbocycles. The van der Waals surface area contributed by atoms with Crippen molar-refractivity contribution < 1.29 is 9.90 Å². The molecule has 1 fully saturated rings. The minimum absolute atomic E-state index is 0.00945. The molecule has 2 aliphatic rings. The lowest BCUT2D eigenvalue weighted by Gasteiger charge is -2.46. The van der Waals surface area contributed by atoms with Gasteiger partial charge in [-0.05, 0) is 30.9 Å². The van der Waals surface area contributed by atoms with Crippen molar-refractivity contribution in [1.29, 1.82) is 0 Å². The average Bonchev–Trinajstić information content (AvgIpc) is 2.70. The summed E-state index contributed by atoms with van der Waals surface area (Å²) in [5.41, 5.74) is 0.638. The molecule has 7 nitrogen and oxygen atoms in total. The molecule has 2 atom stereocenters. The molecule has 1 saturated heterocycles. The minimum atomic E-state index is -0.541. The Morgan fingerprint density at radius 1 is 1.19 bits per heavy atom. The Kier molecular flexibility index (Phi) is 4.61. The summed E-state index contributed by atoms with van der Waals surface area (Å²) in [5.74, 6) is -0.500. The van der Waals surface area contributed by atoms with Crippen LogP contribution in [0.4, 0.5) is 0 Å². The Hall–Kier alpha value is -2.80. The molecule has 1 aromatic carbocycles. The minimum Gasteiger partial charge on any atom is -0.502 e. The smallest absolute Gasteiger partial charge is 0.277 e. The van der Waals surface area contributed by atoms with Crippen LogP contribution >= 0.6 is 0 Å². The summed E-state index contributed by atoms with van der Waals surface area (Å²) in [6.45, 7) is 2.28. The number of nitrogens with zero attached hydrogens (tertiary/aromatic N) is 3. The number of benzene rings is 1. The lowest BCUT2D eigenvalue weighted by molar-refractivity contribution is 0.0710. The Morgan fingerprint density at radius 3 is 2.67 bits per heavy atom. The number of aromatic hydroxyl groups is 1. The lowest BCUT2D eigenvalue weighted by Crippen LogP contribution is -2.56. The molecule has 0 saturated carbocycles. The third-order valence-corrected chi connectivity index (χ3v) is 5.48. The first-order valence-corrected chi connectivity index (χ1v) is 9.30. The number of pyridine rings is 1. The van der Waals surface area contributed by atoms with Crippen LogP contribution in [-0.2, 0) is 0 Å². The molecule has 1 amide bonds. The van der Waals surface area contributed by atoms with Crippen molar-refractivity contribution in [3.8, 4) is 5.75 Å². The van der Waals surface area contributed by atoms with Gasteiger partial charge in [0.1, 0.15) is 6.67 Å². The quantitative estimate of drug-likeness (QED) is 0.853. The zero-order valence-corrected chi connectivity index (χ0v) is 15.3. The number of carbonyl (C=O) groups excluding carboxylic acids is 1. The van der Waals surface area contributed by atoms with Crippen molar-refractivity contribution >= 4 is 5.91 Å². The van der Waals surface area contributed by atoms with E-state index in [9.17, 15) is 14.7 Å². The number of nitrogens with one attached hydrogen (secondary N) is 1. The van der Waals surface area contributed by atoms with Gasteiger partial charge < -0.3 is 15.3 Å². The summed E-state index contributed by atoms with van der Waals surface area (Å²) in [6, 6.07) is 11.5. The largest absolute Gasteiger partial charge is 0.502 e. The van der Waals surface area contributed by atoms with Crippen LogP contribution in [0.25, 0.3) is 0 Å². The van der Waals surface area contributed by atoms with Gasteiger partial charge in [0.25, 0.3) is 5.91 Å². The van der Waals surface area contributed by atoms with Gasteiger partial charge in [-0.3, -0.25) is 19.3 Å². The van der Waals surface area contributed by atoms with Crippen molar-refractivity contribution in [3.05, 3.63) is 64.1 Å². The van der Waals surface area contributed by atoms with Crippen molar-refractivity contribution in [3.63, 3.8) is 0 Å². The molecule has 1 aromatic heterocycles. The molecule has 4 rings (SSSR count). The summed E-state index contributed by atoms with van der Waals surface area (Å²) in [4.78, 5) is 26.1. The molecule has 27 heavy (non-hydrogen) atoms. The first-order valence-electron chi connectivity index (χ1n) is 9.30. The van der Waals surface area contributed by atoms with E-state index in [4.69, 9.17) is 0 Å². The van der Waals surface area contributed by atoms with E-state index in [1.165, 1.54) is 6.07 Å². The predicted molar refractivity (Wildman–Crippen MR) is 102 cm³/mol. The normalized spacial score (nSPS) is 21.1. The van der Waals surface area contributed by atoms with E-state index in [0.29, 0.717) is 12.6 Å². The molecular formula is C20H24N4O3. The number of amides is 1. The van der Waals surface area contributed by atoms with Gasteiger partial charge in [-0.2, -0.15) is 0 Å². The fraction of sp³-hybridized carbons (Fsp3) is 0.400. The van der Waals surface area contributed by atoms with E-state index in [1.54, 1.807) is 22.8 Å². The zero-order chi connectivity index (χ0) is 19.0. The number of hydrogen-bond donors (Lipinski definition) is 2. The van der Waals surface area contributed by atoms with Gasteiger partial charge in [-0.1, -0.05) is 30.3 Å². The maximum Gasteiger partial charge on any atom is 0.277 e. The summed E-state index contributed by atoms with van der Waals surface area (Å²) in [5, 5.41) is 15.8. The Balaban J connectivity index is 1.85. The second-order valence-electron chi connectivity index (χ2n) is 7.27. The Labute approximate surface area is 157 Å². The highest BCUT2D eigenvalue weighted by atomic mass is 16.3. The molecule has 3 heterocycles. The SMILES string of the molecule is CN1CN(C(c2ccccc2)C2CCCNC2)n2ccc(=O)c(O)c2C1=O. The number of carbonyl (C=O) groups is 1. The van der Waals surface area contributed by atoms with Crippen LogP contribution in [0.5, 0.6) is 5.75 Å². The van der Waals surface area contributed by atoms with Crippen LogP contribution in [0.15, 0.2) is 47.4 Å². The third kappa shape index (κ3) is 3.08. The molecule has 0 radical (unpaired) electrons. The van der Waals surface area contributed by atoms with Crippen molar-refractivity contribution in [2.75, 3.05) is 31.8 Å². The summed E-state index contributed by atoms with van der Waals surface area (Å²) in [6.07, 6.45) is 3.76. The predicted octanol–water partition coefficient (Wildman–Crippen LogP) is 1.28. The van der Waals surface area contributed by atoms with Crippen molar-refractivity contribution in [1.82, 2.24) is 14.9 Å². The van der Waals surface area contributed by atoms with Crippen LogP contribution in [0.2, 0.25) is 0 Å². The molecule has 2 aliphatic heterocycles. The van der Waals surface area contributed by atoms with Gasteiger partial charge in [-0.25, -0.2) is 0 Å². The first-order chi connectivity index (χ1) is 13.1. The number of aromatic nitrogens is 1. The van der Waals surface area contributed by atoms with Crippen LogP contribution < -0.4 is 15.8 Å². The van der Waals surface area contributed by atoms with Gasteiger partial charge in [0.2, 0.25) is 5.43 Å². The van der Waals surface area contributed by atoms with E-state index in [2.05, 4.69) is 22.5 Å². The van der Waals surface area contributed by atoms with E-state index in [-0.39, 0.29) is 17.6 Å². The molecule has 7 heteroatoms. The second-order valence-corrected chi connectivity index (χ2v) is 7.27. The molecule has 0 spiro atoms. The standard InChI is InChI=1S/C20H24N4O3/c1-22-13-24(23-11-9-16(25)19(26)18(23)20(22)27)17(14-6-3-2-4-7-14)15-8-5-10-21-12-15/h2-4,6-7,9,11,15,17,21,26H,5,8,10,12-13H2,1H3.